The minimum atomic E-state index is 0.492. The van der Waals surface area contributed by atoms with E-state index in [0.29, 0.717) is 5.92 Å². The van der Waals surface area contributed by atoms with Crippen LogP contribution in [0.1, 0.15) is 40.0 Å². The van der Waals surface area contributed by atoms with E-state index in [1.165, 1.54) is 31.1 Å². The van der Waals surface area contributed by atoms with Crippen LogP contribution in [0.4, 0.5) is 0 Å². The Balaban J connectivity index is 1.78. The van der Waals surface area contributed by atoms with E-state index in [2.05, 4.69) is 57.9 Å². The fourth-order valence-corrected chi connectivity index (χ4v) is 4.11. The molecule has 3 aliphatic rings. The van der Waals surface area contributed by atoms with Crippen LogP contribution in [0.15, 0.2) is 24.3 Å². The minimum absolute atomic E-state index is 0.492. The average molecular weight is 252 g/mol. The van der Waals surface area contributed by atoms with Gasteiger partial charge in [-0.2, -0.15) is 0 Å². The van der Waals surface area contributed by atoms with Gasteiger partial charge in [-0.15, -0.1) is 0 Å². The van der Waals surface area contributed by atoms with Crippen molar-refractivity contribution < 1.29 is 0 Å². The molecule has 0 aliphatic heterocycles. The molecule has 0 bridgehead atoms. The molecule has 0 aromatic rings. The summed E-state index contributed by atoms with van der Waals surface area (Å²) in [5.41, 5.74) is 0. The summed E-state index contributed by atoms with van der Waals surface area (Å²) in [6.07, 6.45) is 19.8. The molecule has 2 fully saturated rings. The Kier molecular flexibility index (Phi) is 3.87. The molecule has 0 saturated heterocycles. The lowest BCUT2D eigenvalue weighted by Gasteiger charge is -2.42. The van der Waals surface area contributed by atoms with E-state index in [1.54, 1.807) is 0 Å². The van der Waals surface area contributed by atoms with Crippen molar-refractivity contribution in [2.45, 2.75) is 40.0 Å². The van der Waals surface area contributed by atoms with Gasteiger partial charge in [0.1, 0.15) is 0 Å². The largest absolute Gasteiger partial charge is 0.0762 e. The number of hydrogen-bond donors (Lipinski definition) is 0. The van der Waals surface area contributed by atoms with Crippen molar-refractivity contribution in [1.29, 1.82) is 0 Å². The zero-order chi connectivity index (χ0) is 13.4. The Morgan fingerprint density at radius 1 is 1.16 bits per heavy atom. The molecule has 3 rings (SSSR count). The van der Waals surface area contributed by atoms with Crippen LogP contribution in [-0.2, 0) is 0 Å². The minimum Gasteiger partial charge on any atom is -0.0762 e. The first-order valence-corrected chi connectivity index (χ1v) is 7.77. The Labute approximate surface area is 119 Å². The van der Waals surface area contributed by atoms with Crippen LogP contribution in [0.5, 0.6) is 0 Å². The van der Waals surface area contributed by atoms with Crippen LogP contribution in [0.3, 0.4) is 0 Å². The topological polar surface area (TPSA) is 0 Å². The molecule has 19 heavy (non-hydrogen) atoms. The zero-order valence-electron chi connectivity index (χ0n) is 12.3. The summed E-state index contributed by atoms with van der Waals surface area (Å²) in [7, 11) is 0. The molecule has 6 radical (unpaired) electrons. The molecular weight excluding hydrogens is 228 g/mol. The summed E-state index contributed by atoms with van der Waals surface area (Å²) < 4.78 is 0. The predicted octanol–water partition coefficient (Wildman–Crippen LogP) is 4.76. The molecule has 1 unspecified atom stereocenters. The first-order chi connectivity index (χ1) is 9.16. The van der Waals surface area contributed by atoms with Crippen molar-refractivity contribution in [2.24, 2.45) is 29.6 Å². The lowest BCUT2D eigenvalue weighted by molar-refractivity contribution is 0.115. The lowest BCUT2D eigenvalue weighted by atomic mass is 9.63. The molecule has 100 valence electrons. The Hall–Kier alpha value is -0.520. The maximum atomic E-state index is 3.55. The molecule has 0 aromatic heterocycles. The summed E-state index contributed by atoms with van der Waals surface area (Å²) in [5, 5.41) is 0. The van der Waals surface area contributed by atoms with E-state index in [0.717, 1.165) is 23.7 Å². The number of fused-ring (bicyclic) bond motifs is 1. The van der Waals surface area contributed by atoms with Crippen LogP contribution in [-0.4, -0.2) is 0 Å². The second-order valence-corrected chi connectivity index (χ2v) is 6.82. The summed E-state index contributed by atoms with van der Waals surface area (Å²) in [6.45, 7) is 7.20. The van der Waals surface area contributed by atoms with Crippen molar-refractivity contribution in [1.82, 2.24) is 0 Å². The van der Waals surface area contributed by atoms with Gasteiger partial charge in [0.15, 0.2) is 0 Å². The van der Waals surface area contributed by atoms with Crippen molar-refractivity contribution in [3.8, 4) is 0 Å². The van der Waals surface area contributed by atoms with Crippen LogP contribution in [0.25, 0.3) is 0 Å². The van der Waals surface area contributed by atoms with Gasteiger partial charge in [0.2, 0.25) is 0 Å². The Morgan fingerprint density at radius 3 is 2.74 bits per heavy atom. The molecule has 0 aromatic carbocycles. The number of hydrogen-bond acceptors (Lipinski definition) is 0. The van der Waals surface area contributed by atoms with Gasteiger partial charge in [-0.05, 0) is 48.9 Å². The van der Waals surface area contributed by atoms with E-state index < -0.39 is 0 Å². The molecule has 0 N–H and O–H groups in total. The van der Waals surface area contributed by atoms with Gasteiger partial charge in [-0.25, -0.2) is 0 Å². The number of allylic oxidation sites excluding steroid dienone is 4. The number of rotatable bonds is 2. The summed E-state index contributed by atoms with van der Waals surface area (Å²) in [4.78, 5) is 0. The fourth-order valence-electron chi connectivity index (χ4n) is 4.11. The molecule has 0 spiro atoms. The van der Waals surface area contributed by atoms with Gasteiger partial charge in [0.05, 0.1) is 0 Å². The Morgan fingerprint density at radius 2 is 1.95 bits per heavy atom. The maximum absolute atomic E-state index is 3.55. The van der Waals surface area contributed by atoms with Gasteiger partial charge in [0, 0.05) is 18.3 Å². The third kappa shape index (κ3) is 2.56. The summed E-state index contributed by atoms with van der Waals surface area (Å²) in [5.74, 6) is 6.50. The van der Waals surface area contributed by atoms with Crippen molar-refractivity contribution in [3.63, 3.8) is 0 Å². The molecule has 2 saturated carbocycles. The highest BCUT2D eigenvalue weighted by molar-refractivity contribution is 5.54. The SMILES string of the molecule is CC(C)[C@H]1CC[C@H](C)CC1[C@H]1[C][C][C]2C=CC=C[C]21. The second kappa shape index (κ2) is 5.46. The summed E-state index contributed by atoms with van der Waals surface area (Å²) in [6, 6.07) is 0. The highest BCUT2D eigenvalue weighted by Crippen LogP contribution is 2.52. The zero-order valence-corrected chi connectivity index (χ0v) is 12.3. The van der Waals surface area contributed by atoms with Crippen LogP contribution in [0, 0.1) is 54.3 Å². The summed E-state index contributed by atoms with van der Waals surface area (Å²) >= 11 is 0. The van der Waals surface area contributed by atoms with E-state index in [9.17, 15) is 0 Å². The van der Waals surface area contributed by atoms with E-state index >= 15 is 0 Å². The van der Waals surface area contributed by atoms with E-state index in [1.807, 2.05) is 0 Å². The van der Waals surface area contributed by atoms with Gasteiger partial charge < -0.3 is 0 Å². The Bertz CT molecular complexity index is 362. The molecule has 0 nitrogen and oxygen atoms in total. The standard InChI is InChI=1S/C19H24/c1-13(2)16-10-8-14(3)12-19(16)18-11-9-15-6-4-5-7-17(15)18/h4-7,13-14,16,18-19H,8,10,12H2,1-3H3/t14-,16+,18-,19?/m0/s1. The fraction of sp³-hybridized carbons (Fsp3) is 0.579. The predicted molar refractivity (Wildman–Crippen MR) is 79.6 cm³/mol. The highest BCUT2D eigenvalue weighted by Gasteiger charge is 2.44. The molecular formula is C19H24. The smallest absolute Gasteiger partial charge is 0.0168 e. The van der Waals surface area contributed by atoms with Crippen molar-refractivity contribution in [2.75, 3.05) is 0 Å². The third-order valence-electron chi connectivity index (χ3n) is 5.16. The molecule has 3 aliphatic carbocycles. The average Bonchev–Trinajstić information content (AvgIpc) is 2.82. The van der Waals surface area contributed by atoms with E-state index in [-0.39, 0.29) is 0 Å². The lowest BCUT2D eigenvalue weighted by Crippen LogP contribution is -2.34. The normalized spacial score (nSPS) is 40.0. The maximum Gasteiger partial charge on any atom is 0.0168 e. The van der Waals surface area contributed by atoms with E-state index in [4.69, 9.17) is 0 Å². The van der Waals surface area contributed by atoms with Gasteiger partial charge in [-0.1, -0.05) is 51.5 Å². The second-order valence-electron chi connectivity index (χ2n) is 6.82. The molecule has 0 heteroatoms. The monoisotopic (exact) mass is 252 g/mol. The highest BCUT2D eigenvalue weighted by atomic mass is 14.5. The van der Waals surface area contributed by atoms with Crippen molar-refractivity contribution in [3.05, 3.63) is 49.0 Å². The van der Waals surface area contributed by atoms with Crippen LogP contribution in [0.2, 0.25) is 0 Å². The van der Waals surface area contributed by atoms with Crippen LogP contribution >= 0.6 is 0 Å². The first-order valence-electron chi connectivity index (χ1n) is 7.77. The first kappa shape index (κ1) is 13.5. The quantitative estimate of drug-likeness (QED) is 0.664. The van der Waals surface area contributed by atoms with Gasteiger partial charge in [-0.3, -0.25) is 0 Å². The van der Waals surface area contributed by atoms with Crippen molar-refractivity contribution >= 4 is 0 Å². The third-order valence-corrected chi connectivity index (χ3v) is 5.16. The van der Waals surface area contributed by atoms with Crippen LogP contribution < -0.4 is 0 Å². The van der Waals surface area contributed by atoms with Gasteiger partial charge >= 0.3 is 0 Å². The molecule has 0 heterocycles. The van der Waals surface area contributed by atoms with Gasteiger partial charge in [0.25, 0.3) is 0 Å². The molecule has 0 amide bonds. The molecule has 4 atom stereocenters.